The second-order valence-corrected chi connectivity index (χ2v) is 13.4. The highest BCUT2D eigenvalue weighted by Crippen LogP contribution is 2.41. The van der Waals surface area contributed by atoms with E-state index in [1.165, 1.54) is 62.8 Å². The molecule has 0 amide bonds. The average molecular weight is 731 g/mol. The zero-order chi connectivity index (χ0) is 37.1. The predicted molar refractivity (Wildman–Crippen MR) is 184 cm³/mol. The van der Waals surface area contributed by atoms with Crippen LogP contribution in [0.25, 0.3) is 6.08 Å². The molecule has 0 atom stereocenters. The number of nitrogen functional groups attached to an aromatic ring is 1. The minimum absolute atomic E-state index is 0.154. The smallest absolute Gasteiger partial charge is 0.296 e. The zero-order valence-electron chi connectivity index (χ0n) is 26.5. The van der Waals surface area contributed by atoms with Gasteiger partial charge in [-0.2, -0.15) is 32.3 Å². The maximum atomic E-state index is 13.8. The number of azo groups is 1. The molecule has 5 N–H and O–H groups in total. The van der Waals surface area contributed by atoms with Gasteiger partial charge in [0, 0.05) is 25.3 Å². The Morgan fingerprint density at radius 2 is 1.53 bits per heavy atom. The third-order valence-electron chi connectivity index (χ3n) is 7.58. The maximum Gasteiger partial charge on any atom is 0.296 e. The van der Waals surface area contributed by atoms with Gasteiger partial charge in [-0.05, 0) is 66.2 Å². The Balaban J connectivity index is 1.53. The highest BCUT2D eigenvalue weighted by Gasteiger charge is 2.41. The first-order valence-electron chi connectivity index (χ1n) is 14.4. The molecule has 260 valence electrons. The normalized spacial score (nSPS) is 14.2. The van der Waals surface area contributed by atoms with Gasteiger partial charge >= 0.3 is 0 Å². The molecule has 0 radical (unpaired) electrons. The number of anilines is 2. The van der Waals surface area contributed by atoms with Crippen molar-refractivity contribution in [3.63, 3.8) is 0 Å². The molecule has 16 nitrogen and oxygen atoms in total. The van der Waals surface area contributed by atoms with Gasteiger partial charge in [-0.1, -0.05) is 30.3 Å². The molecule has 0 unspecified atom stereocenters. The van der Waals surface area contributed by atoms with Crippen molar-refractivity contribution in [2.24, 2.45) is 15.3 Å². The molecule has 0 saturated carbocycles. The van der Waals surface area contributed by atoms with Crippen LogP contribution in [0.5, 0.6) is 0 Å². The second-order valence-electron chi connectivity index (χ2n) is 10.6. The molecule has 0 aliphatic heterocycles. The summed E-state index contributed by atoms with van der Waals surface area (Å²) in [6, 6.07) is 22.4. The SMILES string of the molecule is COC(OC)(C(=O)c1ccc(N/N=C2\C(=O)c3c(cc(S(=O)(=O)O)c(/N=N/c4ccc(C#N)cc4)c3N)C=C2S(=O)(=O)O)cc1)c1ccccc1. The number of ketones is 2. The van der Waals surface area contributed by atoms with Gasteiger partial charge in [0.05, 0.1) is 34.3 Å². The van der Waals surface area contributed by atoms with E-state index in [4.69, 9.17) is 20.5 Å². The lowest BCUT2D eigenvalue weighted by molar-refractivity contribution is -0.176. The Morgan fingerprint density at radius 1 is 0.902 bits per heavy atom. The number of carbonyl (C=O) groups is 2. The third kappa shape index (κ3) is 7.20. The number of rotatable bonds is 11. The fourth-order valence-electron chi connectivity index (χ4n) is 5.11. The minimum Gasteiger partial charge on any atom is -0.396 e. The van der Waals surface area contributed by atoms with Crippen molar-refractivity contribution >= 4 is 66.3 Å². The Kier molecular flexibility index (Phi) is 10.1. The van der Waals surface area contributed by atoms with Crippen molar-refractivity contribution in [2.75, 3.05) is 25.4 Å². The van der Waals surface area contributed by atoms with Gasteiger partial charge in [-0.3, -0.25) is 24.1 Å². The molecule has 0 bridgehead atoms. The van der Waals surface area contributed by atoms with Crippen LogP contribution in [0, 0.1) is 11.3 Å². The van der Waals surface area contributed by atoms with E-state index in [-0.39, 0.29) is 16.9 Å². The number of ether oxygens (including phenoxy) is 2. The van der Waals surface area contributed by atoms with Gasteiger partial charge < -0.3 is 15.2 Å². The minimum atomic E-state index is -5.17. The van der Waals surface area contributed by atoms with Crippen LogP contribution in [0.2, 0.25) is 0 Å². The highest BCUT2D eigenvalue weighted by molar-refractivity contribution is 7.91. The van der Waals surface area contributed by atoms with E-state index >= 15 is 0 Å². The zero-order valence-corrected chi connectivity index (χ0v) is 28.1. The largest absolute Gasteiger partial charge is 0.396 e. The first kappa shape index (κ1) is 36.3. The lowest BCUT2D eigenvalue weighted by atomic mass is 9.92. The molecule has 1 aliphatic rings. The molecular weight excluding hydrogens is 705 g/mol. The van der Waals surface area contributed by atoms with Gasteiger partial charge in [0.15, 0.2) is 5.71 Å². The summed E-state index contributed by atoms with van der Waals surface area (Å²) >= 11 is 0. The van der Waals surface area contributed by atoms with E-state index < -0.39 is 75.6 Å². The fourth-order valence-corrected chi connectivity index (χ4v) is 6.44. The summed E-state index contributed by atoms with van der Waals surface area (Å²) in [6.07, 6.45) is 0.750. The van der Waals surface area contributed by atoms with Gasteiger partial charge in [-0.25, -0.2) is 0 Å². The summed E-state index contributed by atoms with van der Waals surface area (Å²) in [5.74, 6) is -3.47. The van der Waals surface area contributed by atoms with Gasteiger partial charge in [-0.15, -0.1) is 5.11 Å². The number of carbonyl (C=O) groups excluding carboxylic acids is 2. The summed E-state index contributed by atoms with van der Waals surface area (Å²) < 4.78 is 80.4. The lowest BCUT2D eigenvalue weighted by Crippen LogP contribution is -2.39. The van der Waals surface area contributed by atoms with Crippen LogP contribution in [-0.2, 0) is 35.5 Å². The number of nitriles is 1. The summed E-state index contributed by atoms with van der Waals surface area (Å²) in [6.45, 7) is 0. The van der Waals surface area contributed by atoms with Crippen molar-refractivity contribution in [1.82, 2.24) is 0 Å². The first-order chi connectivity index (χ1) is 24.1. The number of nitrogens with zero attached hydrogens (tertiary/aromatic N) is 4. The van der Waals surface area contributed by atoms with E-state index in [0.29, 0.717) is 11.1 Å². The highest BCUT2D eigenvalue weighted by atomic mass is 32.2. The number of hydrogen-bond acceptors (Lipinski definition) is 14. The molecule has 0 spiro atoms. The van der Waals surface area contributed by atoms with Crippen LogP contribution in [0.15, 0.2) is 110 Å². The number of benzene rings is 4. The first-order valence-corrected chi connectivity index (χ1v) is 17.3. The molecule has 18 heteroatoms. The molecule has 0 aromatic heterocycles. The van der Waals surface area contributed by atoms with E-state index in [0.717, 1.165) is 12.1 Å². The predicted octanol–water partition coefficient (Wildman–Crippen LogP) is 5.02. The average Bonchev–Trinajstić information content (AvgIpc) is 3.11. The van der Waals surface area contributed by atoms with Crippen molar-refractivity contribution < 1.29 is 45.0 Å². The van der Waals surface area contributed by atoms with E-state index in [1.54, 1.807) is 30.3 Å². The van der Waals surface area contributed by atoms with Crippen molar-refractivity contribution in [3.05, 3.63) is 118 Å². The molecule has 0 fully saturated rings. The van der Waals surface area contributed by atoms with Gasteiger partial charge in [0.2, 0.25) is 11.6 Å². The Labute approximate surface area is 291 Å². The van der Waals surface area contributed by atoms with Crippen LogP contribution in [0.4, 0.5) is 22.7 Å². The number of nitrogens with one attached hydrogen (secondary N) is 1. The molecule has 51 heavy (non-hydrogen) atoms. The van der Waals surface area contributed by atoms with E-state index in [1.807, 2.05) is 6.07 Å². The standard InChI is InChI=1S/C33H26N6O10S2/c1-48-33(49-2,22-6-4-3-5-7-22)32(41)20-10-14-24(15-11-20)37-39-30-26(51(45,46)47)17-21-16-25(50(42,43)44)29(28(35)27(21)31(30)40)38-36-23-12-8-19(18-34)9-13-23/h3-17,37H,35H2,1-2H3,(H,42,43,44)(H,45,46,47)/b38-36+,39-30-. The molecule has 4 aromatic carbocycles. The summed E-state index contributed by atoms with van der Waals surface area (Å²) in [5.41, 5.74) is 6.99. The number of Topliss-reactive ketones (excluding diaryl/α,β-unsaturated/α-hetero) is 2. The van der Waals surface area contributed by atoms with Crippen LogP contribution >= 0.6 is 0 Å². The molecule has 1 aliphatic carbocycles. The Morgan fingerprint density at radius 3 is 2.08 bits per heavy atom. The van der Waals surface area contributed by atoms with E-state index in [9.17, 15) is 35.5 Å². The van der Waals surface area contributed by atoms with Crippen molar-refractivity contribution in [3.8, 4) is 6.07 Å². The topological polar surface area (TPSA) is 260 Å². The summed E-state index contributed by atoms with van der Waals surface area (Å²) in [4.78, 5) is 25.4. The summed E-state index contributed by atoms with van der Waals surface area (Å²) in [7, 11) is -7.62. The van der Waals surface area contributed by atoms with Gasteiger partial charge in [0.1, 0.15) is 15.5 Å². The van der Waals surface area contributed by atoms with Crippen molar-refractivity contribution in [1.29, 1.82) is 5.26 Å². The van der Waals surface area contributed by atoms with Crippen molar-refractivity contribution in [2.45, 2.75) is 10.7 Å². The number of fused-ring (bicyclic) bond motifs is 1. The number of hydrogen-bond donors (Lipinski definition) is 4. The molecule has 0 heterocycles. The van der Waals surface area contributed by atoms with Crippen LogP contribution in [0.3, 0.4) is 0 Å². The van der Waals surface area contributed by atoms with Crippen LogP contribution in [0.1, 0.15) is 37.4 Å². The number of hydrazone groups is 1. The van der Waals surface area contributed by atoms with Crippen LogP contribution < -0.4 is 11.2 Å². The second kappa shape index (κ2) is 14.1. The molecular formula is C33H26N6O10S2. The maximum absolute atomic E-state index is 13.8. The fraction of sp³-hybridized carbons (Fsp3) is 0.0909. The lowest BCUT2D eigenvalue weighted by Gasteiger charge is -2.29. The summed E-state index contributed by atoms with van der Waals surface area (Å²) in [5, 5.41) is 20.6. The molecule has 4 aromatic rings. The quantitative estimate of drug-likeness (QED) is 0.0395. The van der Waals surface area contributed by atoms with Crippen LogP contribution in [-0.4, -0.2) is 57.4 Å². The van der Waals surface area contributed by atoms with E-state index in [2.05, 4.69) is 20.8 Å². The Bertz CT molecular complexity index is 2400. The molecule has 5 rings (SSSR count). The number of methoxy groups -OCH3 is 2. The van der Waals surface area contributed by atoms with Gasteiger partial charge in [0.25, 0.3) is 26.0 Å². The molecule has 0 saturated heterocycles. The monoisotopic (exact) mass is 730 g/mol. The number of nitrogens with two attached hydrogens (primary N) is 1. The Hall–Kier alpha value is -5.94. The third-order valence-corrected chi connectivity index (χ3v) is 9.32. The number of allylic oxidation sites excluding steroid dienone is 1.